The minimum absolute atomic E-state index is 0.572. The maximum absolute atomic E-state index is 5.76. The first-order valence-corrected chi connectivity index (χ1v) is 6.85. The monoisotopic (exact) mass is 248 g/mol. The Balaban J connectivity index is 1.96. The zero-order valence-electron chi connectivity index (χ0n) is 11.7. The third-order valence-electron chi connectivity index (χ3n) is 3.92. The Morgan fingerprint density at radius 2 is 1.94 bits per heavy atom. The number of rotatable bonds is 3. The molecule has 2 N–H and O–H groups in total. The lowest BCUT2D eigenvalue weighted by Gasteiger charge is -2.33. The minimum atomic E-state index is 0.572. The van der Waals surface area contributed by atoms with Crippen molar-refractivity contribution in [3.63, 3.8) is 0 Å². The van der Waals surface area contributed by atoms with Crippen molar-refractivity contribution in [2.75, 3.05) is 12.8 Å². The van der Waals surface area contributed by atoms with Gasteiger partial charge in [-0.3, -0.25) is 4.90 Å². The van der Waals surface area contributed by atoms with Crippen molar-refractivity contribution in [3.05, 3.63) is 17.6 Å². The molecule has 100 valence electrons. The number of nitrogen functional groups attached to an aromatic ring is 1. The molecule has 4 heteroatoms. The fraction of sp³-hybridized carbons (Fsp3) is 0.714. The van der Waals surface area contributed by atoms with Crippen LogP contribution in [0.4, 0.5) is 5.82 Å². The maximum atomic E-state index is 5.76. The minimum Gasteiger partial charge on any atom is -0.384 e. The summed E-state index contributed by atoms with van der Waals surface area (Å²) < 4.78 is 0. The zero-order chi connectivity index (χ0) is 13.1. The van der Waals surface area contributed by atoms with E-state index in [-0.39, 0.29) is 0 Å². The molecule has 0 spiro atoms. The van der Waals surface area contributed by atoms with Gasteiger partial charge in [-0.2, -0.15) is 0 Å². The van der Waals surface area contributed by atoms with E-state index >= 15 is 0 Å². The van der Waals surface area contributed by atoms with E-state index in [0.29, 0.717) is 11.9 Å². The summed E-state index contributed by atoms with van der Waals surface area (Å²) in [6.45, 7) is 5.11. The highest BCUT2D eigenvalue weighted by Gasteiger charge is 2.22. The molecule has 1 aliphatic carbocycles. The standard InChI is InChI=1S/C14H24N4/c1-10-4-6-12(7-5-10)18(3)9-14-16-11(2)8-13(15)17-14/h8,10,12H,4-7,9H2,1-3H3,(H2,15,16,17). The van der Waals surface area contributed by atoms with Gasteiger partial charge in [0.15, 0.2) is 0 Å². The second kappa shape index (κ2) is 5.65. The second-order valence-electron chi connectivity index (χ2n) is 5.68. The fourth-order valence-electron chi connectivity index (χ4n) is 2.76. The highest BCUT2D eigenvalue weighted by atomic mass is 15.2. The van der Waals surface area contributed by atoms with Gasteiger partial charge in [0.05, 0.1) is 6.54 Å². The number of hydrogen-bond donors (Lipinski definition) is 1. The number of aromatic nitrogens is 2. The van der Waals surface area contributed by atoms with Crippen LogP contribution in [0.15, 0.2) is 6.07 Å². The molecule has 0 atom stereocenters. The van der Waals surface area contributed by atoms with Crippen LogP contribution in [-0.2, 0) is 6.54 Å². The van der Waals surface area contributed by atoms with Crippen molar-refractivity contribution in [3.8, 4) is 0 Å². The van der Waals surface area contributed by atoms with Crippen LogP contribution in [0.25, 0.3) is 0 Å². The van der Waals surface area contributed by atoms with Gasteiger partial charge in [0, 0.05) is 17.8 Å². The highest BCUT2D eigenvalue weighted by molar-refractivity contribution is 5.29. The Labute approximate surface area is 110 Å². The number of hydrogen-bond acceptors (Lipinski definition) is 4. The van der Waals surface area contributed by atoms with E-state index in [2.05, 4.69) is 28.8 Å². The predicted octanol–water partition coefficient (Wildman–Crippen LogP) is 2.38. The third-order valence-corrected chi connectivity index (χ3v) is 3.92. The largest absolute Gasteiger partial charge is 0.384 e. The predicted molar refractivity (Wildman–Crippen MR) is 74.1 cm³/mol. The van der Waals surface area contributed by atoms with Crippen molar-refractivity contribution in [1.82, 2.24) is 14.9 Å². The number of nitrogens with zero attached hydrogens (tertiary/aromatic N) is 3. The molecule has 0 aromatic carbocycles. The molecule has 18 heavy (non-hydrogen) atoms. The summed E-state index contributed by atoms with van der Waals surface area (Å²) in [4.78, 5) is 11.1. The summed E-state index contributed by atoms with van der Waals surface area (Å²) in [6.07, 6.45) is 5.26. The van der Waals surface area contributed by atoms with E-state index < -0.39 is 0 Å². The molecule has 1 fully saturated rings. The van der Waals surface area contributed by atoms with Crippen molar-refractivity contribution >= 4 is 5.82 Å². The summed E-state index contributed by atoms with van der Waals surface area (Å²) in [5, 5.41) is 0. The summed E-state index contributed by atoms with van der Waals surface area (Å²) in [7, 11) is 2.17. The van der Waals surface area contributed by atoms with Crippen molar-refractivity contribution < 1.29 is 0 Å². The molecule has 0 aliphatic heterocycles. The van der Waals surface area contributed by atoms with Crippen LogP contribution in [0.5, 0.6) is 0 Å². The van der Waals surface area contributed by atoms with Gasteiger partial charge < -0.3 is 5.73 Å². The smallest absolute Gasteiger partial charge is 0.144 e. The molecule has 0 unspecified atom stereocenters. The molecule has 0 bridgehead atoms. The first-order valence-electron chi connectivity index (χ1n) is 6.85. The number of nitrogens with two attached hydrogens (primary N) is 1. The summed E-state index contributed by atoms with van der Waals surface area (Å²) >= 11 is 0. The van der Waals surface area contributed by atoms with Crippen LogP contribution in [0.3, 0.4) is 0 Å². The van der Waals surface area contributed by atoms with Gasteiger partial charge in [-0.25, -0.2) is 9.97 Å². The molecular weight excluding hydrogens is 224 g/mol. The maximum Gasteiger partial charge on any atom is 0.144 e. The van der Waals surface area contributed by atoms with Crippen molar-refractivity contribution in [2.45, 2.75) is 52.1 Å². The van der Waals surface area contributed by atoms with Crippen LogP contribution in [0, 0.1) is 12.8 Å². The normalized spacial score (nSPS) is 24.4. The van der Waals surface area contributed by atoms with E-state index in [1.54, 1.807) is 0 Å². The van der Waals surface area contributed by atoms with Crippen molar-refractivity contribution in [1.29, 1.82) is 0 Å². The van der Waals surface area contributed by atoms with Gasteiger partial charge in [0.1, 0.15) is 11.6 Å². The van der Waals surface area contributed by atoms with Crippen LogP contribution >= 0.6 is 0 Å². The Bertz CT molecular complexity index is 377. The zero-order valence-corrected chi connectivity index (χ0v) is 11.7. The van der Waals surface area contributed by atoms with Crippen LogP contribution in [-0.4, -0.2) is 28.0 Å². The van der Waals surface area contributed by atoms with Crippen LogP contribution < -0.4 is 5.73 Å². The van der Waals surface area contributed by atoms with E-state index in [1.165, 1.54) is 25.7 Å². The second-order valence-corrected chi connectivity index (χ2v) is 5.68. The van der Waals surface area contributed by atoms with E-state index in [4.69, 9.17) is 5.73 Å². The molecule has 0 amide bonds. The van der Waals surface area contributed by atoms with Gasteiger partial charge in [0.25, 0.3) is 0 Å². The lowest BCUT2D eigenvalue weighted by Crippen LogP contribution is -2.34. The number of aryl methyl sites for hydroxylation is 1. The van der Waals surface area contributed by atoms with Gasteiger partial charge >= 0.3 is 0 Å². The van der Waals surface area contributed by atoms with E-state index in [9.17, 15) is 0 Å². The number of anilines is 1. The van der Waals surface area contributed by atoms with Crippen LogP contribution in [0.2, 0.25) is 0 Å². The van der Waals surface area contributed by atoms with Gasteiger partial charge in [-0.05, 0) is 45.6 Å². The van der Waals surface area contributed by atoms with E-state index in [0.717, 1.165) is 24.0 Å². The van der Waals surface area contributed by atoms with Gasteiger partial charge in [0.2, 0.25) is 0 Å². The third kappa shape index (κ3) is 3.42. The topological polar surface area (TPSA) is 55.0 Å². The SMILES string of the molecule is Cc1cc(N)nc(CN(C)C2CCC(C)CC2)n1. The highest BCUT2D eigenvalue weighted by Crippen LogP contribution is 2.26. The quantitative estimate of drug-likeness (QED) is 0.892. The van der Waals surface area contributed by atoms with Gasteiger partial charge in [-0.15, -0.1) is 0 Å². The Morgan fingerprint density at radius 1 is 1.28 bits per heavy atom. The molecule has 0 saturated heterocycles. The fourth-order valence-corrected chi connectivity index (χ4v) is 2.76. The average Bonchev–Trinajstić information content (AvgIpc) is 2.28. The Morgan fingerprint density at radius 3 is 2.56 bits per heavy atom. The first kappa shape index (κ1) is 13.3. The Hall–Kier alpha value is -1.16. The van der Waals surface area contributed by atoms with E-state index in [1.807, 2.05) is 13.0 Å². The molecule has 1 aromatic heterocycles. The average molecular weight is 248 g/mol. The molecule has 0 radical (unpaired) electrons. The summed E-state index contributed by atoms with van der Waals surface area (Å²) in [5.74, 6) is 2.30. The lowest BCUT2D eigenvalue weighted by atomic mass is 9.87. The molecule has 1 aliphatic rings. The Kier molecular flexibility index (Phi) is 4.17. The molecule has 4 nitrogen and oxygen atoms in total. The lowest BCUT2D eigenvalue weighted by molar-refractivity contribution is 0.161. The molecule has 1 aromatic rings. The van der Waals surface area contributed by atoms with Crippen LogP contribution in [0.1, 0.15) is 44.1 Å². The summed E-state index contributed by atoms with van der Waals surface area (Å²) in [5.41, 5.74) is 6.71. The van der Waals surface area contributed by atoms with Crippen molar-refractivity contribution in [2.24, 2.45) is 5.92 Å². The molecule has 1 saturated carbocycles. The molecule has 2 rings (SSSR count). The first-order chi connectivity index (χ1) is 8.54. The molecule has 1 heterocycles. The molecular formula is C14H24N4. The summed E-state index contributed by atoms with van der Waals surface area (Å²) in [6, 6.07) is 2.48. The van der Waals surface area contributed by atoms with Gasteiger partial charge in [-0.1, -0.05) is 6.92 Å².